The molecule has 2 aromatic rings. The minimum Gasteiger partial charge on any atom is -0.462 e. The van der Waals surface area contributed by atoms with Crippen LogP contribution < -0.4 is 21.1 Å². The Morgan fingerprint density at radius 1 is 1.43 bits per heavy atom. The highest BCUT2D eigenvalue weighted by molar-refractivity contribution is 7.11. The van der Waals surface area contributed by atoms with Gasteiger partial charge in [-0.1, -0.05) is 11.3 Å². The number of rotatable bonds is 2. The Hall–Kier alpha value is -2.82. The summed E-state index contributed by atoms with van der Waals surface area (Å²) in [6.45, 7) is 1.97. The summed E-state index contributed by atoms with van der Waals surface area (Å²) in [6, 6.07) is 0. The second-order valence-corrected chi connectivity index (χ2v) is 4.90. The van der Waals surface area contributed by atoms with Crippen LogP contribution in [0.25, 0.3) is 5.00 Å². The third kappa shape index (κ3) is 2.12. The van der Waals surface area contributed by atoms with Crippen molar-refractivity contribution in [3.05, 3.63) is 22.0 Å². The minimum absolute atomic E-state index is 0.0763. The van der Waals surface area contributed by atoms with Gasteiger partial charge in [0.15, 0.2) is 16.3 Å². The van der Waals surface area contributed by atoms with E-state index in [1.165, 1.54) is 10.9 Å². The summed E-state index contributed by atoms with van der Waals surface area (Å²) in [5.74, 6) is -0.127. The maximum atomic E-state index is 11.8. The van der Waals surface area contributed by atoms with Crippen molar-refractivity contribution in [1.29, 1.82) is 10.8 Å². The van der Waals surface area contributed by atoms with Crippen molar-refractivity contribution in [3.8, 4) is 5.00 Å². The smallest absolute Gasteiger partial charge is 0.343 e. The van der Waals surface area contributed by atoms with Gasteiger partial charge >= 0.3 is 5.97 Å². The fraction of sp³-hybridized carbons (Fsp3) is 0.200. The van der Waals surface area contributed by atoms with Crippen molar-refractivity contribution in [2.45, 2.75) is 6.92 Å². The van der Waals surface area contributed by atoms with Crippen molar-refractivity contribution in [3.63, 3.8) is 0 Å². The van der Waals surface area contributed by atoms with Gasteiger partial charge < -0.3 is 4.74 Å². The minimum atomic E-state index is -0.504. The zero-order valence-electron chi connectivity index (χ0n) is 10.8. The van der Waals surface area contributed by atoms with E-state index in [9.17, 15) is 4.79 Å². The number of aromatic nitrogens is 4. The first-order valence-corrected chi connectivity index (χ1v) is 6.72. The summed E-state index contributed by atoms with van der Waals surface area (Å²) in [7, 11) is 0. The first kappa shape index (κ1) is 13.2. The number of carbonyl (C=O) groups excluding carboxylic acids is 1. The van der Waals surface area contributed by atoms with Gasteiger partial charge in [0.05, 0.1) is 12.8 Å². The molecule has 0 aromatic carbocycles. The Labute approximate surface area is 121 Å². The molecular weight excluding hydrogens is 296 g/mol. The molecule has 11 heteroatoms. The lowest BCUT2D eigenvalue weighted by atomic mass is 10.3. The molecule has 2 aromatic heterocycles. The van der Waals surface area contributed by atoms with Crippen molar-refractivity contribution in [2.24, 2.45) is 0 Å². The number of carbonyl (C=O) groups is 1. The topological polar surface area (TPSA) is 142 Å². The molecular formula is C10H10N8O2S. The molecule has 0 unspecified atom stereocenters. The van der Waals surface area contributed by atoms with Gasteiger partial charge in [-0.05, 0) is 6.92 Å². The second-order valence-electron chi connectivity index (χ2n) is 3.93. The monoisotopic (exact) mass is 306 g/mol. The third-order valence-corrected chi connectivity index (χ3v) is 3.49. The van der Waals surface area contributed by atoms with Crippen molar-refractivity contribution in [2.75, 3.05) is 17.5 Å². The zero-order valence-corrected chi connectivity index (χ0v) is 11.6. The number of ether oxygens (including phenoxy) is 1. The van der Waals surface area contributed by atoms with E-state index in [-0.39, 0.29) is 22.5 Å². The summed E-state index contributed by atoms with van der Waals surface area (Å²) < 4.78 is 6.37. The second kappa shape index (κ2) is 4.94. The molecule has 0 atom stereocenters. The van der Waals surface area contributed by atoms with Gasteiger partial charge in [-0.2, -0.15) is 5.10 Å². The van der Waals surface area contributed by atoms with Gasteiger partial charge in [-0.25, -0.2) is 9.48 Å². The highest BCUT2D eigenvalue weighted by atomic mass is 32.1. The summed E-state index contributed by atoms with van der Waals surface area (Å²) in [5.41, 5.74) is 6.02. The normalized spacial score (nSPS) is 11.7. The molecule has 21 heavy (non-hydrogen) atoms. The summed E-state index contributed by atoms with van der Waals surface area (Å²) in [5, 5.41) is 27.1. The molecule has 0 aliphatic carbocycles. The number of nitrogens with zero attached hydrogens (tertiary/aromatic N) is 4. The Morgan fingerprint density at radius 2 is 2.24 bits per heavy atom. The molecule has 4 N–H and O–H groups in total. The third-order valence-electron chi connectivity index (χ3n) is 2.65. The van der Waals surface area contributed by atoms with E-state index in [0.717, 1.165) is 11.3 Å². The standard InChI is InChI=1S/C10H10N8O2S/c1-2-20-9(19)4-3-13-18-7(4)16-14-5-6(11)15-17-10(12)21-8(5)18/h3,11-12,14,16H,2H2,1H3. The Kier molecular flexibility index (Phi) is 3.10. The molecule has 0 saturated heterocycles. The number of hydrogen-bond donors (Lipinski definition) is 4. The number of fused-ring (bicyclic) bond motifs is 3. The predicted molar refractivity (Wildman–Crippen MR) is 71.9 cm³/mol. The molecule has 108 valence electrons. The Balaban J connectivity index is 2.22. The van der Waals surface area contributed by atoms with E-state index in [1.807, 2.05) is 0 Å². The fourth-order valence-electron chi connectivity index (χ4n) is 1.77. The Morgan fingerprint density at radius 3 is 3.00 bits per heavy atom. The summed E-state index contributed by atoms with van der Waals surface area (Å²) in [6.07, 6.45) is 1.37. The predicted octanol–water partition coefficient (Wildman–Crippen LogP) is -0.388. The van der Waals surface area contributed by atoms with Crippen LogP contribution in [0.15, 0.2) is 6.20 Å². The molecule has 1 aliphatic rings. The van der Waals surface area contributed by atoms with Crippen molar-refractivity contribution in [1.82, 2.24) is 20.0 Å². The number of nitrogens with one attached hydrogen (secondary N) is 4. The maximum absolute atomic E-state index is 11.8. The van der Waals surface area contributed by atoms with Crippen LogP contribution in [-0.2, 0) is 4.74 Å². The van der Waals surface area contributed by atoms with Crippen molar-refractivity contribution < 1.29 is 9.53 Å². The lowest BCUT2D eigenvalue weighted by Gasteiger charge is -2.19. The Bertz CT molecular complexity index is 842. The lowest BCUT2D eigenvalue weighted by Crippen LogP contribution is -2.26. The van der Waals surface area contributed by atoms with Crippen LogP contribution in [0, 0.1) is 10.8 Å². The van der Waals surface area contributed by atoms with Gasteiger partial charge in [-0.3, -0.25) is 21.7 Å². The molecule has 0 radical (unpaired) electrons. The quantitative estimate of drug-likeness (QED) is 0.553. The van der Waals surface area contributed by atoms with Crippen LogP contribution >= 0.6 is 11.3 Å². The fourth-order valence-corrected chi connectivity index (χ4v) is 2.51. The maximum Gasteiger partial charge on any atom is 0.343 e. The lowest BCUT2D eigenvalue weighted by molar-refractivity contribution is 0.0527. The molecule has 3 heterocycles. The van der Waals surface area contributed by atoms with Crippen molar-refractivity contribution >= 4 is 28.8 Å². The van der Waals surface area contributed by atoms with Crippen LogP contribution in [0.4, 0.5) is 11.5 Å². The van der Waals surface area contributed by atoms with Crippen LogP contribution in [0.1, 0.15) is 17.3 Å². The van der Waals surface area contributed by atoms with Gasteiger partial charge in [0.1, 0.15) is 11.3 Å². The van der Waals surface area contributed by atoms with E-state index in [1.54, 1.807) is 6.92 Å². The molecule has 10 nitrogen and oxygen atoms in total. The van der Waals surface area contributed by atoms with Gasteiger partial charge in [0.2, 0.25) is 4.80 Å². The van der Waals surface area contributed by atoms with Crippen LogP contribution in [0.5, 0.6) is 0 Å². The average Bonchev–Trinajstić information content (AvgIpc) is 2.83. The van der Waals surface area contributed by atoms with E-state index in [2.05, 4.69) is 26.1 Å². The number of hydrogen-bond acceptors (Lipinski definition) is 10. The van der Waals surface area contributed by atoms with Gasteiger partial charge in [0.25, 0.3) is 0 Å². The van der Waals surface area contributed by atoms with E-state index in [4.69, 9.17) is 15.6 Å². The van der Waals surface area contributed by atoms with Gasteiger partial charge in [0, 0.05) is 0 Å². The van der Waals surface area contributed by atoms with E-state index in [0.29, 0.717) is 16.5 Å². The number of hydrazine groups is 1. The molecule has 0 amide bonds. The summed E-state index contributed by atoms with van der Waals surface area (Å²) >= 11 is 0.984. The molecule has 3 rings (SSSR count). The largest absolute Gasteiger partial charge is 0.462 e. The SMILES string of the molecule is CCOC(=O)c1cnn2c1NNc1c-2sc(=N)nnc1=N. The first-order valence-electron chi connectivity index (χ1n) is 5.90. The number of anilines is 2. The van der Waals surface area contributed by atoms with Crippen LogP contribution in [-0.4, -0.2) is 32.6 Å². The van der Waals surface area contributed by atoms with E-state index >= 15 is 0 Å². The van der Waals surface area contributed by atoms with E-state index < -0.39 is 5.97 Å². The molecule has 0 spiro atoms. The molecule has 0 fully saturated rings. The highest BCUT2D eigenvalue weighted by Crippen LogP contribution is 2.28. The molecule has 1 aliphatic heterocycles. The number of esters is 1. The molecule has 0 bridgehead atoms. The molecule has 0 saturated carbocycles. The van der Waals surface area contributed by atoms with Gasteiger partial charge in [-0.15, -0.1) is 10.2 Å². The first-order chi connectivity index (χ1) is 10.1. The average molecular weight is 306 g/mol. The van der Waals surface area contributed by atoms with Crippen LogP contribution in [0.3, 0.4) is 0 Å². The zero-order chi connectivity index (χ0) is 15.0. The highest BCUT2D eigenvalue weighted by Gasteiger charge is 2.25. The summed E-state index contributed by atoms with van der Waals surface area (Å²) in [4.78, 5) is 11.8. The van der Waals surface area contributed by atoms with Crippen LogP contribution in [0.2, 0.25) is 0 Å².